The Labute approximate surface area is 194 Å². The van der Waals surface area contributed by atoms with Crippen LogP contribution in [0.5, 0.6) is 0 Å². The van der Waals surface area contributed by atoms with Crippen molar-refractivity contribution in [2.45, 2.75) is 32.6 Å². The molecule has 30 heavy (non-hydrogen) atoms. The number of hydrogen-bond donors (Lipinski definition) is 0. The maximum atomic E-state index is 13.2. The Hall–Kier alpha value is -1.60. The van der Waals surface area contributed by atoms with Crippen molar-refractivity contribution in [3.8, 4) is 0 Å². The number of amides is 1. The largest absolute Gasteiger partial charge is 0.302 e. The highest BCUT2D eigenvalue weighted by Gasteiger charge is 2.21. The number of benzene rings is 2. The van der Waals surface area contributed by atoms with Gasteiger partial charge in [0.25, 0.3) is 0 Å². The Morgan fingerprint density at radius 1 is 1.03 bits per heavy atom. The number of hydrogen-bond acceptors (Lipinski definition) is 5. The molecular weight excluding hydrogens is 434 g/mol. The summed E-state index contributed by atoms with van der Waals surface area (Å²) in [6.07, 6.45) is 0. The molecule has 7 heteroatoms. The summed E-state index contributed by atoms with van der Waals surface area (Å²) in [5, 5.41) is 0.802. The van der Waals surface area contributed by atoms with Crippen molar-refractivity contribution >= 4 is 56.8 Å². The average molecular weight is 464 g/mol. The molecule has 0 saturated heterocycles. The Morgan fingerprint density at radius 2 is 1.70 bits per heavy atom. The fourth-order valence-corrected chi connectivity index (χ4v) is 5.02. The number of aromatic nitrogens is 1. The van der Waals surface area contributed by atoms with Gasteiger partial charge in [-0.3, -0.25) is 9.69 Å². The minimum atomic E-state index is 0. The highest BCUT2D eigenvalue weighted by atomic mass is 35.5. The Morgan fingerprint density at radius 3 is 2.37 bits per heavy atom. The lowest BCUT2D eigenvalue weighted by Gasteiger charge is -2.24. The maximum Gasteiger partial charge on any atom is 0.239 e. The van der Waals surface area contributed by atoms with Crippen LogP contribution < -0.4 is 4.90 Å². The highest BCUT2D eigenvalue weighted by Crippen LogP contribution is 2.31. The van der Waals surface area contributed by atoms with Crippen molar-refractivity contribution in [1.29, 1.82) is 0 Å². The minimum absolute atomic E-state index is 0. The lowest BCUT2D eigenvalue weighted by molar-refractivity contribution is -0.116. The first-order valence-corrected chi connectivity index (χ1v) is 11.9. The van der Waals surface area contributed by atoms with E-state index in [1.807, 2.05) is 35.2 Å². The van der Waals surface area contributed by atoms with E-state index in [9.17, 15) is 4.79 Å². The number of likely N-dealkylation sites (N-methyl/N-ethyl adjacent to an activating group) is 1. The molecule has 0 spiro atoms. The first kappa shape index (κ1) is 24.7. The van der Waals surface area contributed by atoms with Crippen LogP contribution in [0.3, 0.4) is 0 Å². The summed E-state index contributed by atoms with van der Waals surface area (Å²) in [6, 6.07) is 14.4. The number of carbonyl (C=O) groups is 1. The van der Waals surface area contributed by atoms with E-state index in [-0.39, 0.29) is 18.3 Å². The van der Waals surface area contributed by atoms with Crippen LogP contribution in [0.1, 0.15) is 25.0 Å². The molecule has 4 nitrogen and oxygen atoms in total. The zero-order valence-electron chi connectivity index (χ0n) is 18.1. The Kier molecular flexibility index (Phi) is 9.62. The first-order valence-electron chi connectivity index (χ1n) is 10.1. The number of thiazole rings is 1. The topological polar surface area (TPSA) is 36.4 Å². The molecule has 2 aromatic carbocycles. The van der Waals surface area contributed by atoms with Crippen LogP contribution in [0.4, 0.5) is 5.13 Å². The molecule has 1 aromatic heterocycles. The van der Waals surface area contributed by atoms with Crippen LogP contribution in [0.25, 0.3) is 10.2 Å². The van der Waals surface area contributed by atoms with E-state index in [1.54, 1.807) is 23.1 Å². The summed E-state index contributed by atoms with van der Waals surface area (Å²) in [5.41, 5.74) is 3.47. The van der Waals surface area contributed by atoms with E-state index in [0.717, 1.165) is 39.9 Å². The fraction of sp³-hybridized carbons (Fsp3) is 0.391. The molecule has 0 aliphatic carbocycles. The van der Waals surface area contributed by atoms with Crippen LogP contribution in [0, 0.1) is 13.8 Å². The Balaban J connectivity index is 0.00000320. The van der Waals surface area contributed by atoms with Crippen molar-refractivity contribution in [2.24, 2.45) is 0 Å². The van der Waals surface area contributed by atoms with E-state index < -0.39 is 0 Å². The monoisotopic (exact) mass is 463 g/mol. The lowest BCUT2D eigenvalue weighted by atomic mass is 10.1. The van der Waals surface area contributed by atoms with E-state index >= 15 is 0 Å². The van der Waals surface area contributed by atoms with Gasteiger partial charge in [-0.15, -0.1) is 24.2 Å². The molecule has 3 rings (SSSR count). The second-order valence-electron chi connectivity index (χ2n) is 7.07. The van der Waals surface area contributed by atoms with Gasteiger partial charge in [-0.1, -0.05) is 43.4 Å². The fourth-order valence-electron chi connectivity index (χ4n) is 3.13. The zero-order chi connectivity index (χ0) is 20.8. The number of anilines is 1. The molecule has 0 aliphatic rings. The van der Waals surface area contributed by atoms with Crippen molar-refractivity contribution < 1.29 is 4.79 Å². The molecule has 162 valence electrons. The van der Waals surface area contributed by atoms with Gasteiger partial charge in [0.05, 0.1) is 16.0 Å². The number of aryl methyl sites for hydroxylation is 2. The summed E-state index contributed by atoms with van der Waals surface area (Å²) in [4.78, 5) is 23.3. The Bertz CT molecular complexity index is 919. The van der Waals surface area contributed by atoms with Crippen LogP contribution in [-0.4, -0.2) is 47.7 Å². The van der Waals surface area contributed by atoms with Crippen molar-refractivity contribution in [1.82, 2.24) is 9.88 Å². The van der Waals surface area contributed by atoms with Gasteiger partial charge in [-0.2, -0.15) is 0 Å². The molecule has 0 unspecified atom stereocenters. The molecular formula is C23H30ClN3OS2. The average Bonchev–Trinajstić information content (AvgIpc) is 3.12. The van der Waals surface area contributed by atoms with Gasteiger partial charge in [0, 0.05) is 18.0 Å². The quantitative estimate of drug-likeness (QED) is 0.375. The molecule has 0 bridgehead atoms. The summed E-state index contributed by atoms with van der Waals surface area (Å²) >= 11 is 3.19. The van der Waals surface area contributed by atoms with Gasteiger partial charge in [-0.25, -0.2) is 4.98 Å². The molecule has 1 heterocycles. The number of halogens is 1. The normalized spacial score (nSPS) is 11.0. The number of carbonyl (C=O) groups excluding carboxylic acids is 1. The molecule has 0 fully saturated rings. The number of thioether (sulfide) groups is 1. The molecule has 0 aliphatic heterocycles. The zero-order valence-corrected chi connectivity index (χ0v) is 20.5. The van der Waals surface area contributed by atoms with E-state index in [0.29, 0.717) is 12.3 Å². The number of nitrogens with zero attached hydrogens (tertiary/aromatic N) is 3. The van der Waals surface area contributed by atoms with E-state index in [4.69, 9.17) is 4.98 Å². The van der Waals surface area contributed by atoms with Gasteiger partial charge >= 0.3 is 0 Å². The van der Waals surface area contributed by atoms with Gasteiger partial charge in [0.2, 0.25) is 5.91 Å². The van der Waals surface area contributed by atoms with Gasteiger partial charge in [-0.05, 0) is 62.3 Å². The smallest absolute Gasteiger partial charge is 0.239 e. The second-order valence-corrected chi connectivity index (χ2v) is 9.13. The molecule has 1 amide bonds. The molecule has 0 N–H and O–H groups in total. The van der Waals surface area contributed by atoms with Crippen LogP contribution in [0.15, 0.2) is 47.4 Å². The van der Waals surface area contributed by atoms with E-state index in [1.165, 1.54) is 11.1 Å². The highest BCUT2D eigenvalue weighted by molar-refractivity contribution is 8.00. The number of rotatable bonds is 9. The van der Waals surface area contributed by atoms with Crippen LogP contribution >= 0.6 is 35.5 Å². The summed E-state index contributed by atoms with van der Waals surface area (Å²) in [5.74, 6) is 0.523. The van der Waals surface area contributed by atoms with Crippen molar-refractivity contribution in [2.75, 3.05) is 36.8 Å². The predicted molar refractivity (Wildman–Crippen MR) is 134 cm³/mol. The standard InChI is InChI=1S/C23H29N3OS2.ClH/c1-5-25(6-2)12-13-26(22(27)16-28-19-10-8-7-9-11-19)23-24-20-14-17(3)18(4)15-21(20)29-23;/h7-11,14-15H,5-6,12-13,16H2,1-4H3;1H. The summed E-state index contributed by atoms with van der Waals surface area (Å²) < 4.78 is 1.14. The first-order chi connectivity index (χ1) is 14.0. The van der Waals surface area contributed by atoms with E-state index in [2.05, 4.69) is 44.7 Å². The van der Waals surface area contributed by atoms with Crippen LogP contribution in [-0.2, 0) is 4.79 Å². The lowest BCUT2D eigenvalue weighted by Crippen LogP contribution is -2.39. The SMILES string of the molecule is CCN(CC)CCN(C(=O)CSc1ccccc1)c1nc2cc(C)c(C)cc2s1.Cl. The van der Waals surface area contributed by atoms with Gasteiger partial charge in [0.1, 0.15) is 0 Å². The van der Waals surface area contributed by atoms with Gasteiger partial charge < -0.3 is 4.90 Å². The predicted octanol–water partition coefficient (Wildman–Crippen LogP) is 5.80. The van der Waals surface area contributed by atoms with Crippen molar-refractivity contribution in [3.63, 3.8) is 0 Å². The molecule has 0 saturated carbocycles. The summed E-state index contributed by atoms with van der Waals surface area (Å²) in [7, 11) is 0. The summed E-state index contributed by atoms with van der Waals surface area (Å²) in [6.45, 7) is 12.0. The van der Waals surface area contributed by atoms with Gasteiger partial charge in [0.15, 0.2) is 5.13 Å². The molecule has 0 radical (unpaired) electrons. The third kappa shape index (κ3) is 6.20. The molecule has 3 aromatic rings. The third-order valence-electron chi connectivity index (χ3n) is 5.16. The number of fused-ring (bicyclic) bond motifs is 1. The van der Waals surface area contributed by atoms with Crippen LogP contribution in [0.2, 0.25) is 0 Å². The second kappa shape index (κ2) is 11.7. The molecule has 0 atom stereocenters. The van der Waals surface area contributed by atoms with Crippen molar-refractivity contribution in [3.05, 3.63) is 53.6 Å². The third-order valence-corrected chi connectivity index (χ3v) is 7.20. The maximum absolute atomic E-state index is 13.2. The minimum Gasteiger partial charge on any atom is -0.302 e.